The van der Waals surface area contributed by atoms with Gasteiger partial charge in [-0.1, -0.05) is 12.1 Å². The molecule has 3 aromatic rings. The summed E-state index contributed by atoms with van der Waals surface area (Å²) >= 11 is 0. The summed E-state index contributed by atoms with van der Waals surface area (Å²) in [6.07, 6.45) is 8.73. The molecule has 2 N–H and O–H groups in total. The third-order valence-electron chi connectivity index (χ3n) is 4.94. The van der Waals surface area contributed by atoms with E-state index in [2.05, 4.69) is 20.4 Å². The molecule has 0 aliphatic heterocycles. The number of benzene rings is 1. The van der Waals surface area contributed by atoms with Gasteiger partial charge in [-0.05, 0) is 43.7 Å². The van der Waals surface area contributed by atoms with Crippen molar-refractivity contribution < 1.29 is 9.90 Å². The highest BCUT2D eigenvalue weighted by Crippen LogP contribution is 2.31. The highest BCUT2D eigenvalue weighted by molar-refractivity contribution is 5.76. The number of carboxylic acid groups (broad SMARTS) is 1. The van der Waals surface area contributed by atoms with Crippen LogP contribution in [-0.2, 0) is 6.54 Å². The molecule has 2 aromatic heterocycles. The summed E-state index contributed by atoms with van der Waals surface area (Å²) in [4.78, 5) is 19.7. The van der Waals surface area contributed by atoms with E-state index in [0.717, 1.165) is 54.5 Å². The van der Waals surface area contributed by atoms with Gasteiger partial charge in [0.15, 0.2) is 0 Å². The Morgan fingerprint density at radius 1 is 1.23 bits per heavy atom. The number of aromatic nitrogens is 4. The number of hydrogen-bond acceptors (Lipinski definition) is 4. The molecule has 1 aromatic carbocycles. The second-order valence-electron chi connectivity index (χ2n) is 6.86. The molecule has 134 valence electrons. The van der Waals surface area contributed by atoms with Crippen LogP contribution in [0.1, 0.15) is 25.7 Å². The van der Waals surface area contributed by atoms with Gasteiger partial charge in [0.25, 0.3) is 0 Å². The van der Waals surface area contributed by atoms with E-state index in [1.165, 1.54) is 0 Å². The summed E-state index contributed by atoms with van der Waals surface area (Å²) in [5, 5.41) is 15.6. The fourth-order valence-corrected chi connectivity index (χ4v) is 3.52. The Bertz CT molecular complexity index is 917. The lowest BCUT2D eigenvalue weighted by molar-refractivity contribution is 0.161. The third-order valence-corrected chi connectivity index (χ3v) is 4.94. The van der Waals surface area contributed by atoms with E-state index in [0.29, 0.717) is 5.92 Å². The molecule has 1 aliphatic rings. The van der Waals surface area contributed by atoms with Crippen LogP contribution < -0.4 is 5.32 Å². The van der Waals surface area contributed by atoms with Crippen LogP contribution in [0.15, 0.2) is 42.9 Å². The average Bonchev–Trinajstić information content (AvgIpc) is 3.07. The second kappa shape index (κ2) is 7.11. The van der Waals surface area contributed by atoms with E-state index in [9.17, 15) is 4.79 Å². The van der Waals surface area contributed by atoms with Crippen LogP contribution in [0.25, 0.3) is 22.3 Å². The van der Waals surface area contributed by atoms with E-state index in [1.54, 1.807) is 6.20 Å². The van der Waals surface area contributed by atoms with Crippen molar-refractivity contribution in [3.63, 3.8) is 0 Å². The Hall–Kier alpha value is -2.96. The first kappa shape index (κ1) is 16.5. The predicted molar refractivity (Wildman–Crippen MR) is 97.7 cm³/mol. The molecule has 0 spiro atoms. The molecule has 7 heteroatoms. The van der Waals surface area contributed by atoms with E-state index >= 15 is 0 Å². The first-order valence-corrected chi connectivity index (χ1v) is 8.91. The van der Waals surface area contributed by atoms with Gasteiger partial charge in [0.1, 0.15) is 0 Å². The fraction of sp³-hybridized carbons (Fsp3) is 0.368. The van der Waals surface area contributed by atoms with Gasteiger partial charge >= 0.3 is 6.09 Å². The van der Waals surface area contributed by atoms with E-state index in [1.807, 2.05) is 41.3 Å². The summed E-state index contributed by atoms with van der Waals surface area (Å²) in [5.41, 5.74) is 3.57. The maximum atomic E-state index is 10.6. The van der Waals surface area contributed by atoms with Gasteiger partial charge in [-0.3, -0.25) is 9.67 Å². The molecule has 0 bridgehead atoms. The Kier molecular flexibility index (Phi) is 4.51. The van der Waals surface area contributed by atoms with Gasteiger partial charge in [0, 0.05) is 24.3 Å². The number of aryl methyl sites for hydroxylation is 1. The number of para-hydroxylation sites is 2. The third kappa shape index (κ3) is 3.66. The maximum Gasteiger partial charge on any atom is 0.404 e. The van der Waals surface area contributed by atoms with Crippen molar-refractivity contribution in [3.8, 4) is 11.3 Å². The number of fused-ring (bicyclic) bond motifs is 1. The smallest absolute Gasteiger partial charge is 0.404 e. The molecular formula is C19H21N5O2. The van der Waals surface area contributed by atoms with Crippen LogP contribution in [0.3, 0.4) is 0 Å². The molecule has 4 rings (SSSR count). The monoisotopic (exact) mass is 351 g/mol. The van der Waals surface area contributed by atoms with Gasteiger partial charge in [-0.2, -0.15) is 5.10 Å². The molecule has 0 unspecified atom stereocenters. The lowest BCUT2D eigenvalue weighted by Crippen LogP contribution is -2.43. The summed E-state index contributed by atoms with van der Waals surface area (Å²) in [6.45, 7) is 0.856. The molecule has 0 saturated heterocycles. The van der Waals surface area contributed by atoms with Gasteiger partial charge in [0.2, 0.25) is 0 Å². The second-order valence-corrected chi connectivity index (χ2v) is 6.86. The van der Waals surface area contributed by atoms with Crippen LogP contribution in [-0.4, -0.2) is 37.0 Å². The number of amides is 1. The normalized spacial score (nSPS) is 19.2. The summed E-state index contributed by atoms with van der Waals surface area (Å²) in [5.74, 6) is 0.619. The maximum absolute atomic E-state index is 10.6. The topological polar surface area (TPSA) is 92.9 Å². The molecule has 1 amide bonds. The van der Waals surface area contributed by atoms with Crippen LogP contribution in [0.4, 0.5) is 4.79 Å². The predicted octanol–water partition coefficient (Wildman–Crippen LogP) is 3.32. The van der Waals surface area contributed by atoms with Crippen LogP contribution in [0, 0.1) is 5.92 Å². The standard InChI is InChI=1S/C19H21N5O2/c25-19(26)22-15-8-13(9-15)4-3-7-24-12-14(10-21-24)18-11-20-16-5-1-2-6-17(16)23-18/h1-2,5-6,10-13,15,22H,3-4,7-9H2,(H,25,26). The summed E-state index contributed by atoms with van der Waals surface area (Å²) in [6, 6.07) is 7.96. The van der Waals surface area contributed by atoms with Gasteiger partial charge in [-0.15, -0.1) is 0 Å². The SMILES string of the molecule is O=C(O)NC1CC(CCCn2cc(-c3cnc4ccccc4n3)cn2)C1. The van der Waals surface area contributed by atoms with Crippen molar-refractivity contribution in [2.45, 2.75) is 38.3 Å². The minimum atomic E-state index is -0.922. The lowest BCUT2D eigenvalue weighted by atomic mass is 9.77. The van der Waals surface area contributed by atoms with E-state index in [4.69, 9.17) is 5.11 Å². The molecule has 0 radical (unpaired) electrons. The fourth-order valence-electron chi connectivity index (χ4n) is 3.52. The van der Waals surface area contributed by atoms with Crippen molar-refractivity contribution in [2.75, 3.05) is 0 Å². The first-order valence-electron chi connectivity index (χ1n) is 8.91. The van der Waals surface area contributed by atoms with Crippen molar-refractivity contribution in [1.82, 2.24) is 25.1 Å². The zero-order chi connectivity index (χ0) is 17.9. The summed E-state index contributed by atoms with van der Waals surface area (Å²) < 4.78 is 1.94. The van der Waals surface area contributed by atoms with Gasteiger partial charge in [0.05, 0.1) is 29.1 Å². The molecule has 1 saturated carbocycles. The van der Waals surface area contributed by atoms with Crippen molar-refractivity contribution in [2.24, 2.45) is 5.92 Å². The van der Waals surface area contributed by atoms with Gasteiger partial charge in [-0.25, -0.2) is 9.78 Å². The molecule has 2 heterocycles. The number of hydrogen-bond donors (Lipinski definition) is 2. The largest absolute Gasteiger partial charge is 0.465 e. The Morgan fingerprint density at radius 3 is 2.85 bits per heavy atom. The van der Waals surface area contributed by atoms with Crippen LogP contribution in [0.2, 0.25) is 0 Å². The number of nitrogens with zero attached hydrogens (tertiary/aromatic N) is 4. The van der Waals surface area contributed by atoms with Crippen molar-refractivity contribution in [1.29, 1.82) is 0 Å². The zero-order valence-corrected chi connectivity index (χ0v) is 14.4. The van der Waals surface area contributed by atoms with E-state index in [-0.39, 0.29) is 6.04 Å². The molecular weight excluding hydrogens is 330 g/mol. The van der Waals surface area contributed by atoms with Gasteiger partial charge < -0.3 is 10.4 Å². The average molecular weight is 351 g/mol. The van der Waals surface area contributed by atoms with Crippen LogP contribution in [0.5, 0.6) is 0 Å². The Labute approximate surface area is 151 Å². The first-order chi connectivity index (χ1) is 12.7. The lowest BCUT2D eigenvalue weighted by Gasteiger charge is -2.35. The molecule has 26 heavy (non-hydrogen) atoms. The molecule has 0 atom stereocenters. The molecule has 1 aliphatic carbocycles. The number of nitrogens with one attached hydrogen (secondary N) is 1. The van der Waals surface area contributed by atoms with Crippen LogP contribution >= 0.6 is 0 Å². The van der Waals surface area contributed by atoms with E-state index < -0.39 is 6.09 Å². The Balaban J connectivity index is 1.30. The molecule has 1 fully saturated rings. The van der Waals surface area contributed by atoms with Crippen molar-refractivity contribution >= 4 is 17.1 Å². The summed E-state index contributed by atoms with van der Waals surface area (Å²) in [7, 11) is 0. The van der Waals surface area contributed by atoms with Crippen molar-refractivity contribution in [3.05, 3.63) is 42.9 Å². The highest BCUT2D eigenvalue weighted by Gasteiger charge is 2.29. The minimum absolute atomic E-state index is 0.139. The zero-order valence-electron chi connectivity index (χ0n) is 14.4. The number of rotatable bonds is 6. The molecule has 7 nitrogen and oxygen atoms in total. The Morgan fingerprint density at radius 2 is 2.04 bits per heavy atom. The minimum Gasteiger partial charge on any atom is -0.465 e. The quantitative estimate of drug-likeness (QED) is 0.710. The highest BCUT2D eigenvalue weighted by atomic mass is 16.4. The number of carbonyl (C=O) groups is 1.